The predicted molar refractivity (Wildman–Crippen MR) is 94.2 cm³/mol. The second-order valence-electron chi connectivity index (χ2n) is 5.53. The molecule has 0 atom stereocenters. The van der Waals surface area contributed by atoms with Crippen molar-refractivity contribution in [2.45, 2.75) is 20.4 Å². The molecule has 0 aromatic carbocycles. The van der Waals surface area contributed by atoms with E-state index in [0.717, 1.165) is 28.0 Å². The van der Waals surface area contributed by atoms with Gasteiger partial charge in [0.05, 0.1) is 24.4 Å². The molecule has 0 saturated carbocycles. The number of fused-ring (bicyclic) bond motifs is 1. The van der Waals surface area contributed by atoms with Crippen LogP contribution in [0.25, 0.3) is 27.2 Å². The lowest BCUT2D eigenvalue weighted by atomic mass is 10.1. The third-order valence-corrected chi connectivity index (χ3v) is 3.83. The van der Waals surface area contributed by atoms with Gasteiger partial charge in [0, 0.05) is 34.1 Å². The number of hydrogen-bond acceptors (Lipinski definition) is 4. The fraction of sp³-hybridized carbons (Fsp3) is 0.222. The molecule has 3 rings (SSSR count). The largest absolute Gasteiger partial charge is 0.462 e. The second-order valence-corrected chi connectivity index (χ2v) is 5.53. The van der Waals surface area contributed by atoms with Crippen molar-refractivity contribution < 1.29 is 9.53 Å². The Hall–Kier alpha value is -3.31. The number of aryl methyl sites for hydroxylation is 1. The van der Waals surface area contributed by atoms with Gasteiger partial charge in [-0.05, 0) is 55.3 Å². The van der Waals surface area contributed by atoms with Crippen molar-refractivity contribution >= 4 is 11.5 Å². The van der Waals surface area contributed by atoms with Crippen LogP contribution in [0.1, 0.15) is 28.5 Å². The zero-order valence-electron chi connectivity index (χ0n) is 14.0. The Morgan fingerprint density at radius 2 is 2.20 bits per heavy atom. The minimum atomic E-state index is -0.377. The summed E-state index contributed by atoms with van der Waals surface area (Å²) in [4.78, 5) is 19.5. The molecule has 0 radical (unpaired) electrons. The fourth-order valence-corrected chi connectivity index (χ4v) is 2.70. The smallest absolute Gasteiger partial charge is 0.340 e. The lowest BCUT2D eigenvalue weighted by Gasteiger charge is -2.07. The summed E-state index contributed by atoms with van der Waals surface area (Å²) in [5.74, 6) is -0.377. The summed E-state index contributed by atoms with van der Waals surface area (Å²) in [7, 11) is 0. The molecule has 3 aromatic heterocycles. The van der Waals surface area contributed by atoms with E-state index in [0.29, 0.717) is 12.2 Å². The Balaban J connectivity index is 2.19. The van der Waals surface area contributed by atoms with Gasteiger partial charge in [0.25, 0.3) is 0 Å². The van der Waals surface area contributed by atoms with Crippen molar-refractivity contribution in [2.75, 3.05) is 6.61 Å². The van der Waals surface area contributed by atoms with E-state index in [2.05, 4.69) is 15.0 Å². The molecule has 7 heteroatoms. The highest BCUT2D eigenvalue weighted by Gasteiger charge is 2.19. The molecule has 7 nitrogen and oxygen atoms in total. The van der Waals surface area contributed by atoms with Gasteiger partial charge in [-0.2, -0.15) is 0 Å². The number of esters is 1. The molecule has 0 saturated heterocycles. The van der Waals surface area contributed by atoms with Crippen LogP contribution in [0.2, 0.25) is 0 Å². The molecule has 0 spiro atoms. The molecule has 3 aromatic rings. The van der Waals surface area contributed by atoms with Gasteiger partial charge in [-0.1, -0.05) is 5.11 Å². The van der Waals surface area contributed by atoms with Gasteiger partial charge in [0.15, 0.2) is 0 Å². The Bertz CT molecular complexity index is 969. The highest BCUT2D eigenvalue weighted by Crippen LogP contribution is 2.29. The summed E-state index contributed by atoms with van der Waals surface area (Å²) in [6.07, 6.45) is 3.60. The van der Waals surface area contributed by atoms with Crippen molar-refractivity contribution in [1.29, 1.82) is 0 Å². The summed E-state index contributed by atoms with van der Waals surface area (Å²) in [5.41, 5.74) is 13.1. The minimum Gasteiger partial charge on any atom is -0.462 e. The lowest BCUT2D eigenvalue weighted by molar-refractivity contribution is 0.0527. The van der Waals surface area contributed by atoms with E-state index in [1.54, 1.807) is 19.2 Å². The van der Waals surface area contributed by atoms with Gasteiger partial charge in [-0.25, -0.2) is 4.79 Å². The van der Waals surface area contributed by atoms with Crippen LogP contribution in [0.4, 0.5) is 0 Å². The molecule has 126 valence electrons. The minimum absolute atomic E-state index is 0.258. The molecular weight excluding hydrogens is 318 g/mol. The first-order valence-corrected chi connectivity index (χ1v) is 7.89. The van der Waals surface area contributed by atoms with Crippen LogP contribution in [-0.4, -0.2) is 22.0 Å². The lowest BCUT2D eigenvalue weighted by Crippen LogP contribution is -2.05. The van der Waals surface area contributed by atoms with Crippen LogP contribution in [0.5, 0.6) is 0 Å². The SMILES string of the molecule is CCOC(=O)c1cc2cc(CN=[N+]=[N-])ccn2c1-c1ccc(C)nc1. The van der Waals surface area contributed by atoms with Gasteiger partial charge in [0.1, 0.15) is 0 Å². The number of hydrogen-bond donors (Lipinski definition) is 0. The Kier molecular flexibility index (Phi) is 4.68. The van der Waals surface area contributed by atoms with Crippen LogP contribution in [0.15, 0.2) is 47.8 Å². The maximum atomic E-state index is 12.4. The number of carbonyl (C=O) groups is 1. The van der Waals surface area contributed by atoms with E-state index in [1.807, 2.05) is 41.8 Å². The van der Waals surface area contributed by atoms with Gasteiger partial charge in [0.2, 0.25) is 0 Å². The third-order valence-electron chi connectivity index (χ3n) is 3.83. The molecule has 0 bridgehead atoms. The third kappa shape index (κ3) is 3.32. The highest BCUT2D eigenvalue weighted by molar-refractivity contribution is 5.99. The van der Waals surface area contributed by atoms with E-state index in [1.165, 1.54) is 0 Å². The normalized spacial score (nSPS) is 10.5. The fourth-order valence-electron chi connectivity index (χ4n) is 2.70. The van der Waals surface area contributed by atoms with Gasteiger partial charge in [-0.15, -0.1) is 0 Å². The van der Waals surface area contributed by atoms with Gasteiger partial charge in [-0.3, -0.25) is 4.98 Å². The monoisotopic (exact) mass is 335 g/mol. The van der Waals surface area contributed by atoms with Crippen LogP contribution in [0.3, 0.4) is 0 Å². The van der Waals surface area contributed by atoms with Gasteiger partial charge >= 0.3 is 5.97 Å². The number of ether oxygens (including phenoxy) is 1. The van der Waals surface area contributed by atoms with E-state index in [4.69, 9.17) is 10.3 Å². The quantitative estimate of drug-likeness (QED) is 0.301. The van der Waals surface area contributed by atoms with Crippen LogP contribution in [0, 0.1) is 6.92 Å². The summed E-state index contributed by atoms with van der Waals surface area (Å²) in [6.45, 7) is 4.25. The number of pyridine rings is 2. The van der Waals surface area contributed by atoms with Crippen molar-refractivity contribution in [1.82, 2.24) is 9.38 Å². The summed E-state index contributed by atoms with van der Waals surface area (Å²) >= 11 is 0. The van der Waals surface area contributed by atoms with Crippen LogP contribution >= 0.6 is 0 Å². The van der Waals surface area contributed by atoms with Crippen molar-refractivity contribution in [3.8, 4) is 11.3 Å². The second kappa shape index (κ2) is 7.07. The van der Waals surface area contributed by atoms with E-state index < -0.39 is 0 Å². The highest BCUT2D eigenvalue weighted by atomic mass is 16.5. The van der Waals surface area contributed by atoms with E-state index in [-0.39, 0.29) is 12.5 Å². The first-order valence-electron chi connectivity index (χ1n) is 7.89. The molecule has 3 heterocycles. The molecular formula is C18H17N5O2. The maximum absolute atomic E-state index is 12.4. The maximum Gasteiger partial charge on any atom is 0.340 e. The zero-order valence-corrected chi connectivity index (χ0v) is 14.0. The summed E-state index contributed by atoms with van der Waals surface area (Å²) in [6, 6.07) is 9.37. The molecule has 0 unspecified atom stereocenters. The molecule has 0 aliphatic carbocycles. The Morgan fingerprint density at radius 1 is 1.36 bits per heavy atom. The Labute approximate surface area is 144 Å². The standard InChI is InChI=1S/C18H17N5O2/c1-3-25-18(24)16-9-15-8-13(10-21-22-19)6-7-23(15)17(16)14-5-4-12(2)20-11-14/h4-9,11H,3,10H2,1-2H3. The van der Waals surface area contributed by atoms with Crippen LogP contribution in [-0.2, 0) is 11.3 Å². The molecule has 0 aliphatic rings. The van der Waals surface area contributed by atoms with Crippen molar-refractivity contribution in [3.63, 3.8) is 0 Å². The zero-order chi connectivity index (χ0) is 17.8. The Morgan fingerprint density at radius 3 is 2.88 bits per heavy atom. The molecule has 0 aliphatic heterocycles. The van der Waals surface area contributed by atoms with Gasteiger partial charge < -0.3 is 9.14 Å². The molecule has 0 amide bonds. The molecule has 25 heavy (non-hydrogen) atoms. The van der Waals surface area contributed by atoms with Crippen molar-refractivity contribution in [2.24, 2.45) is 5.11 Å². The number of nitrogens with zero attached hydrogens (tertiary/aromatic N) is 5. The summed E-state index contributed by atoms with van der Waals surface area (Å²) in [5, 5.41) is 3.58. The number of aromatic nitrogens is 2. The topological polar surface area (TPSA) is 92.4 Å². The van der Waals surface area contributed by atoms with E-state index in [9.17, 15) is 4.79 Å². The van der Waals surface area contributed by atoms with E-state index >= 15 is 0 Å². The number of rotatable bonds is 5. The van der Waals surface area contributed by atoms with Crippen molar-refractivity contribution in [3.05, 3.63) is 70.0 Å². The average Bonchev–Trinajstić information content (AvgIpc) is 2.99. The molecule has 0 fully saturated rings. The predicted octanol–water partition coefficient (Wildman–Crippen LogP) is 4.30. The first kappa shape index (κ1) is 16.5. The first-order chi connectivity index (χ1) is 12.1. The van der Waals surface area contributed by atoms with Crippen LogP contribution < -0.4 is 0 Å². The number of azide groups is 1. The molecule has 0 N–H and O–H groups in total. The summed E-state index contributed by atoms with van der Waals surface area (Å²) < 4.78 is 7.11. The number of carbonyl (C=O) groups excluding carboxylic acids is 1. The average molecular weight is 335 g/mol.